The van der Waals surface area contributed by atoms with Crippen molar-refractivity contribution in [1.82, 2.24) is 0 Å². The highest BCUT2D eigenvalue weighted by atomic mass is 32.1. The van der Waals surface area contributed by atoms with E-state index in [0.717, 1.165) is 25.0 Å². The van der Waals surface area contributed by atoms with Gasteiger partial charge >= 0.3 is 7.82 Å². The Balaban J connectivity index is 3.05. The fourth-order valence-corrected chi connectivity index (χ4v) is 7.18. The number of hydrogen-bond acceptors (Lipinski definition) is 3. The first kappa shape index (κ1) is 45.5. The fraction of sp³-hybridized carbons (Fsp3) is 1.00. The molecular formula is C39H81O4PS. The van der Waals surface area contributed by atoms with Crippen molar-refractivity contribution in [2.75, 3.05) is 12.4 Å². The van der Waals surface area contributed by atoms with Crippen molar-refractivity contribution in [3.8, 4) is 0 Å². The summed E-state index contributed by atoms with van der Waals surface area (Å²) in [6, 6.07) is 0. The van der Waals surface area contributed by atoms with Crippen LogP contribution in [-0.2, 0) is 9.09 Å². The minimum absolute atomic E-state index is 0.170. The molecule has 4 nitrogen and oxygen atoms in total. The molecule has 0 aromatic heterocycles. The van der Waals surface area contributed by atoms with E-state index < -0.39 is 7.82 Å². The van der Waals surface area contributed by atoms with Crippen LogP contribution in [0.2, 0.25) is 0 Å². The van der Waals surface area contributed by atoms with E-state index in [1.807, 2.05) is 0 Å². The van der Waals surface area contributed by atoms with Gasteiger partial charge in [-0.25, -0.2) is 4.57 Å². The maximum Gasteiger partial charge on any atom is 0.469 e. The molecule has 2 N–H and O–H groups in total. The van der Waals surface area contributed by atoms with E-state index >= 15 is 0 Å². The molecule has 0 heterocycles. The minimum atomic E-state index is -4.27. The van der Waals surface area contributed by atoms with Crippen molar-refractivity contribution in [2.45, 2.75) is 238 Å². The van der Waals surface area contributed by atoms with Crippen LogP contribution in [0, 0.1) is 0 Å². The van der Waals surface area contributed by atoms with Gasteiger partial charge in [-0.05, 0) is 18.6 Å². The van der Waals surface area contributed by atoms with Crippen LogP contribution in [0.4, 0.5) is 0 Å². The average Bonchev–Trinajstić information content (AvgIpc) is 3.01. The fourth-order valence-electron chi connectivity index (χ4n) is 6.58. The van der Waals surface area contributed by atoms with Crippen LogP contribution in [0.3, 0.4) is 0 Å². The van der Waals surface area contributed by atoms with Gasteiger partial charge in [0.2, 0.25) is 0 Å². The van der Waals surface area contributed by atoms with Gasteiger partial charge in [0.1, 0.15) is 0 Å². The van der Waals surface area contributed by atoms with Gasteiger partial charge in [-0.2, -0.15) is 12.6 Å². The topological polar surface area (TPSA) is 66.8 Å². The summed E-state index contributed by atoms with van der Waals surface area (Å²) in [5.41, 5.74) is 0. The maximum atomic E-state index is 10.6. The van der Waals surface area contributed by atoms with Crippen LogP contribution < -0.4 is 0 Å². The molecule has 0 spiro atoms. The van der Waals surface area contributed by atoms with Crippen molar-refractivity contribution in [2.24, 2.45) is 0 Å². The molecule has 0 unspecified atom stereocenters. The van der Waals surface area contributed by atoms with Crippen molar-refractivity contribution in [3.05, 3.63) is 0 Å². The van der Waals surface area contributed by atoms with Crippen molar-refractivity contribution in [1.29, 1.82) is 0 Å². The standard InChI is InChI=1S/C39H81O4PS/c40-44(41,42)43-38-36-34-32-30-28-26-24-22-20-18-16-14-12-10-8-6-4-2-1-3-5-7-9-11-13-15-17-19-21-23-25-27-29-31-33-35-37-39-45/h45H,1-39H2,(H2,40,41,42). The molecule has 0 amide bonds. The number of thiol groups is 1. The van der Waals surface area contributed by atoms with E-state index in [2.05, 4.69) is 17.2 Å². The SMILES string of the molecule is O=P(O)(O)OCCCCCCCCCCCCCCCCCCCCCCCCCCCCCCCCCCCCCCCS. The summed E-state index contributed by atoms with van der Waals surface area (Å²) in [5, 5.41) is 0. The molecule has 6 heteroatoms. The van der Waals surface area contributed by atoms with Gasteiger partial charge in [0.25, 0.3) is 0 Å². The summed E-state index contributed by atoms with van der Waals surface area (Å²) in [4.78, 5) is 17.3. The third kappa shape index (κ3) is 44.5. The second kappa shape index (κ2) is 38.9. The largest absolute Gasteiger partial charge is 0.469 e. The number of hydrogen-bond donors (Lipinski definition) is 3. The number of phosphoric ester groups is 1. The van der Waals surface area contributed by atoms with E-state index in [1.54, 1.807) is 0 Å². The molecule has 0 rings (SSSR count). The second-order valence-corrected chi connectivity index (χ2v) is 15.8. The second-order valence-electron chi connectivity index (χ2n) is 14.1. The van der Waals surface area contributed by atoms with Gasteiger partial charge in [0.15, 0.2) is 0 Å². The van der Waals surface area contributed by atoms with Crippen LogP contribution in [0.25, 0.3) is 0 Å². The van der Waals surface area contributed by atoms with E-state index in [1.165, 1.54) is 218 Å². The van der Waals surface area contributed by atoms with E-state index in [9.17, 15) is 4.57 Å². The summed E-state index contributed by atoms with van der Waals surface area (Å²) in [6.07, 6.45) is 51.4. The van der Waals surface area contributed by atoms with Gasteiger partial charge in [0, 0.05) is 0 Å². The highest BCUT2D eigenvalue weighted by Gasteiger charge is 2.12. The summed E-state index contributed by atoms with van der Waals surface area (Å²) < 4.78 is 15.1. The Labute approximate surface area is 288 Å². The molecule has 0 saturated carbocycles. The first-order valence-electron chi connectivity index (χ1n) is 20.4. The third-order valence-corrected chi connectivity index (χ3v) is 10.4. The highest BCUT2D eigenvalue weighted by Crippen LogP contribution is 2.35. The minimum Gasteiger partial charge on any atom is -0.303 e. The third-order valence-electron chi connectivity index (χ3n) is 9.56. The lowest BCUT2D eigenvalue weighted by Crippen LogP contribution is -1.92. The van der Waals surface area contributed by atoms with E-state index in [-0.39, 0.29) is 6.61 Å². The Morgan fingerprint density at radius 2 is 0.467 bits per heavy atom. The average molecular weight is 677 g/mol. The van der Waals surface area contributed by atoms with Crippen molar-refractivity contribution >= 4 is 20.5 Å². The predicted octanol–water partition coefficient (Wildman–Crippen LogP) is 14.5. The zero-order chi connectivity index (χ0) is 32.8. The Hall–Kier alpha value is 0.460. The van der Waals surface area contributed by atoms with Gasteiger partial charge in [-0.3, -0.25) is 4.52 Å². The zero-order valence-corrected chi connectivity index (χ0v) is 32.0. The number of rotatable bonds is 40. The Morgan fingerprint density at radius 3 is 0.622 bits per heavy atom. The molecule has 0 aromatic carbocycles. The molecule has 0 radical (unpaired) electrons. The molecule has 0 fully saturated rings. The first-order chi connectivity index (χ1) is 22.1. The molecule has 0 aromatic rings. The normalized spacial score (nSPS) is 12.0. The summed E-state index contributed by atoms with van der Waals surface area (Å²) in [6.45, 7) is 0.170. The smallest absolute Gasteiger partial charge is 0.303 e. The summed E-state index contributed by atoms with van der Waals surface area (Å²) >= 11 is 4.29. The summed E-state index contributed by atoms with van der Waals surface area (Å²) in [7, 11) is -4.27. The molecule has 0 atom stereocenters. The van der Waals surface area contributed by atoms with Crippen molar-refractivity contribution in [3.63, 3.8) is 0 Å². The Kier molecular flexibility index (Phi) is 39.3. The molecule has 0 aliphatic heterocycles. The molecule has 0 bridgehead atoms. The quantitative estimate of drug-likeness (QED) is 0.0343. The van der Waals surface area contributed by atoms with Gasteiger partial charge in [-0.1, -0.05) is 225 Å². The lowest BCUT2D eigenvalue weighted by atomic mass is 10.0. The van der Waals surface area contributed by atoms with Crippen molar-refractivity contribution < 1.29 is 18.9 Å². The Morgan fingerprint density at radius 1 is 0.311 bits per heavy atom. The molecule has 45 heavy (non-hydrogen) atoms. The van der Waals surface area contributed by atoms with E-state index in [0.29, 0.717) is 0 Å². The Bertz CT molecular complexity index is 585. The van der Waals surface area contributed by atoms with Crippen LogP contribution in [0.15, 0.2) is 0 Å². The van der Waals surface area contributed by atoms with Gasteiger partial charge in [0.05, 0.1) is 6.61 Å². The molecular weight excluding hydrogens is 595 g/mol. The molecule has 0 aliphatic carbocycles. The van der Waals surface area contributed by atoms with Crippen LogP contribution in [-0.4, -0.2) is 22.1 Å². The lowest BCUT2D eigenvalue weighted by Gasteiger charge is -2.05. The monoisotopic (exact) mass is 677 g/mol. The molecule has 0 aliphatic rings. The van der Waals surface area contributed by atoms with E-state index in [4.69, 9.17) is 9.79 Å². The summed E-state index contributed by atoms with van der Waals surface area (Å²) in [5.74, 6) is 1.06. The number of phosphoric acid groups is 1. The molecule has 0 saturated heterocycles. The van der Waals surface area contributed by atoms with Crippen LogP contribution >= 0.6 is 20.5 Å². The predicted molar refractivity (Wildman–Crippen MR) is 203 cm³/mol. The number of unbranched alkanes of at least 4 members (excludes halogenated alkanes) is 36. The van der Waals surface area contributed by atoms with Crippen LogP contribution in [0.5, 0.6) is 0 Å². The molecule has 272 valence electrons. The lowest BCUT2D eigenvalue weighted by molar-refractivity contribution is 0.193. The van der Waals surface area contributed by atoms with Crippen LogP contribution in [0.1, 0.15) is 238 Å². The van der Waals surface area contributed by atoms with Gasteiger partial charge < -0.3 is 9.79 Å². The van der Waals surface area contributed by atoms with Gasteiger partial charge in [-0.15, -0.1) is 0 Å². The first-order valence-corrected chi connectivity index (χ1v) is 22.5. The zero-order valence-electron chi connectivity index (χ0n) is 30.2. The highest BCUT2D eigenvalue weighted by molar-refractivity contribution is 7.80. The maximum absolute atomic E-state index is 10.6.